The largest absolute Gasteiger partial charge is 0.478 e. The Morgan fingerprint density at radius 1 is 1.10 bits per heavy atom. The monoisotopic (exact) mass is 271 g/mol. The van der Waals surface area contributed by atoms with Crippen LogP contribution in [0.1, 0.15) is 10.4 Å². The minimum absolute atomic E-state index is 0.0971. The van der Waals surface area contributed by atoms with Crippen molar-refractivity contribution in [3.8, 4) is 0 Å². The molecule has 0 heterocycles. The number of hydrogen-bond donors (Lipinski definition) is 3. The average molecular weight is 271 g/mol. The Labute approximate surface area is 117 Å². The molecule has 2 rings (SSSR count). The van der Waals surface area contributed by atoms with E-state index < -0.39 is 5.97 Å². The maximum Gasteiger partial charge on any atom is 0.337 e. The van der Waals surface area contributed by atoms with Crippen LogP contribution in [-0.4, -0.2) is 25.2 Å². The molecular weight excluding hydrogens is 254 g/mol. The smallest absolute Gasteiger partial charge is 0.337 e. The summed E-state index contributed by atoms with van der Waals surface area (Å²) < 4.78 is 0. The Bertz CT molecular complexity index is 622. The SMILES string of the molecule is CN(C)c1ccc(Nc2ccc(N)c(C(=O)O)c2)cc1. The Morgan fingerprint density at radius 3 is 2.25 bits per heavy atom. The molecule has 5 heteroatoms. The summed E-state index contributed by atoms with van der Waals surface area (Å²) in [5.74, 6) is -1.03. The van der Waals surface area contributed by atoms with Crippen molar-refractivity contribution in [2.45, 2.75) is 0 Å². The van der Waals surface area contributed by atoms with Gasteiger partial charge in [0.15, 0.2) is 0 Å². The van der Waals surface area contributed by atoms with Crippen LogP contribution in [0.2, 0.25) is 0 Å². The van der Waals surface area contributed by atoms with Crippen LogP contribution < -0.4 is 16.0 Å². The van der Waals surface area contributed by atoms with Crippen molar-refractivity contribution < 1.29 is 9.90 Å². The highest BCUT2D eigenvalue weighted by molar-refractivity contribution is 5.95. The van der Waals surface area contributed by atoms with E-state index in [4.69, 9.17) is 10.8 Å². The molecule has 0 aliphatic heterocycles. The van der Waals surface area contributed by atoms with E-state index in [1.165, 1.54) is 6.07 Å². The molecule has 0 saturated heterocycles. The first-order valence-electron chi connectivity index (χ1n) is 6.14. The van der Waals surface area contributed by atoms with Gasteiger partial charge in [-0.2, -0.15) is 0 Å². The molecule has 5 nitrogen and oxygen atoms in total. The molecule has 0 unspecified atom stereocenters. The summed E-state index contributed by atoms with van der Waals surface area (Å²) in [5.41, 5.74) is 8.65. The predicted octanol–water partition coefficient (Wildman–Crippen LogP) is 2.78. The normalized spacial score (nSPS) is 10.1. The van der Waals surface area contributed by atoms with Gasteiger partial charge in [0.1, 0.15) is 0 Å². The fraction of sp³-hybridized carbons (Fsp3) is 0.133. The zero-order valence-electron chi connectivity index (χ0n) is 11.4. The molecule has 0 aromatic heterocycles. The second-order valence-corrected chi connectivity index (χ2v) is 4.67. The first-order valence-corrected chi connectivity index (χ1v) is 6.14. The van der Waals surface area contributed by atoms with Crippen molar-refractivity contribution in [3.63, 3.8) is 0 Å². The van der Waals surface area contributed by atoms with Crippen LogP contribution in [0.5, 0.6) is 0 Å². The van der Waals surface area contributed by atoms with E-state index in [1.807, 2.05) is 43.3 Å². The van der Waals surface area contributed by atoms with Gasteiger partial charge >= 0.3 is 5.97 Å². The number of anilines is 4. The molecule has 0 atom stereocenters. The van der Waals surface area contributed by atoms with Crippen LogP contribution in [0, 0.1) is 0 Å². The van der Waals surface area contributed by atoms with Crippen molar-refractivity contribution in [2.75, 3.05) is 30.0 Å². The van der Waals surface area contributed by atoms with Crippen molar-refractivity contribution in [3.05, 3.63) is 48.0 Å². The Morgan fingerprint density at radius 2 is 1.70 bits per heavy atom. The van der Waals surface area contributed by atoms with Gasteiger partial charge in [-0.3, -0.25) is 0 Å². The third kappa shape index (κ3) is 3.00. The molecule has 0 bridgehead atoms. The van der Waals surface area contributed by atoms with Gasteiger partial charge in [-0.15, -0.1) is 0 Å². The molecule has 0 amide bonds. The number of benzene rings is 2. The number of nitrogens with two attached hydrogens (primary N) is 1. The number of carboxylic acid groups (broad SMARTS) is 1. The maximum absolute atomic E-state index is 11.0. The van der Waals surface area contributed by atoms with E-state index in [9.17, 15) is 4.79 Å². The minimum Gasteiger partial charge on any atom is -0.478 e. The van der Waals surface area contributed by atoms with E-state index in [2.05, 4.69) is 5.32 Å². The molecule has 0 aliphatic rings. The summed E-state index contributed by atoms with van der Waals surface area (Å²) in [6.45, 7) is 0. The Kier molecular flexibility index (Phi) is 3.79. The molecule has 104 valence electrons. The lowest BCUT2D eigenvalue weighted by Gasteiger charge is -2.13. The van der Waals surface area contributed by atoms with E-state index in [1.54, 1.807) is 12.1 Å². The molecule has 0 saturated carbocycles. The van der Waals surface area contributed by atoms with Crippen LogP contribution in [0.4, 0.5) is 22.7 Å². The summed E-state index contributed by atoms with van der Waals surface area (Å²) in [6, 6.07) is 12.7. The highest BCUT2D eigenvalue weighted by Crippen LogP contribution is 2.23. The van der Waals surface area contributed by atoms with E-state index in [-0.39, 0.29) is 11.3 Å². The van der Waals surface area contributed by atoms with Gasteiger partial charge in [0.25, 0.3) is 0 Å². The number of hydrogen-bond acceptors (Lipinski definition) is 4. The number of nitrogen functional groups attached to an aromatic ring is 1. The molecule has 0 fully saturated rings. The summed E-state index contributed by atoms with van der Waals surface area (Å²) >= 11 is 0. The highest BCUT2D eigenvalue weighted by Gasteiger charge is 2.08. The number of nitrogens with zero attached hydrogens (tertiary/aromatic N) is 1. The van der Waals surface area contributed by atoms with Crippen molar-refractivity contribution in [1.82, 2.24) is 0 Å². The van der Waals surface area contributed by atoms with Gasteiger partial charge in [-0.1, -0.05) is 0 Å². The second-order valence-electron chi connectivity index (χ2n) is 4.67. The average Bonchev–Trinajstić information content (AvgIpc) is 2.41. The fourth-order valence-electron chi connectivity index (χ4n) is 1.83. The molecule has 0 spiro atoms. The standard InChI is InChI=1S/C15H17N3O2/c1-18(2)12-6-3-10(4-7-12)17-11-5-8-14(16)13(9-11)15(19)20/h3-9,17H,16H2,1-2H3,(H,19,20). The van der Waals surface area contributed by atoms with Crippen LogP contribution in [0.3, 0.4) is 0 Å². The number of nitrogens with one attached hydrogen (secondary N) is 1. The van der Waals surface area contributed by atoms with Gasteiger partial charge in [0.05, 0.1) is 5.56 Å². The van der Waals surface area contributed by atoms with Crippen molar-refractivity contribution in [1.29, 1.82) is 0 Å². The van der Waals surface area contributed by atoms with Crippen LogP contribution in [-0.2, 0) is 0 Å². The number of rotatable bonds is 4. The zero-order valence-corrected chi connectivity index (χ0v) is 11.4. The number of carbonyl (C=O) groups is 1. The van der Waals surface area contributed by atoms with E-state index >= 15 is 0 Å². The maximum atomic E-state index is 11.0. The minimum atomic E-state index is -1.03. The van der Waals surface area contributed by atoms with Crippen LogP contribution >= 0.6 is 0 Å². The predicted molar refractivity (Wildman–Crippen MR) is 81.9 cm³/mol. The van der Waals surface area contributed by atoms with Gasteiger partial charge in [-0.05, 0) is 42.5 Å². The summed E-state index contributed by atoms with van der Waals surface area (Å²) in [7, 11) is 3.95. The molecule has 0 radical (unpaired) electrons. The molecule has 2 aromatic carbocycles. The van der Waals surface area contributed by atoms with Crippen LogP contribution in [0.15, 0.2) is 42.5 Å². The summed E-state index contributed by atoms with van der Waals surface area (Å²) in [6.07, 6.45) is 0. The van der Waals surface area contributed by atoms with Crippen LogP contribution in [0.25, 0.3) is 0 Å². The zero-order chi connectivity index (χ0) is 14.7. The van der Waals surface area contributed by atoms with E-state index in [0.717, 1.165) is 11.4 Å². The van der Waals surface area contributed by atoms with Gasteiger partial charge in [0.2, 0.25) is 0 Å². The Balaban J connectivity index is 2.21. The number of carboxylic acids is 1. The third-order valence-electron chi connectivity index (χ3n) is 2.96. The lowest BCUT2D eigenvalue weighted by Crippen LogP contribution is -2.08. The molecular formula is C15H17N3O2. The Hall–Kier alpha value is -2.69. The lowest BCUT2D eigenvalue weighted by molar-refractivity contribution is 0.0698. The summed E-state index contributed by atoms with van der Waals surface area (Å²) in [4.78, 5) is 13.0. The van der Waals surface area contributed by atoms with E-state index in [0.29, 0.717) is 5.69 Å². The summed E-state index contributed by atoms with van der Waals surface area (Å²) in [5, 5.41) is 12.2. The number of aromatic carboxylic acids is 1. The first-order chi connectivity index (χ1) is 9.47. The van der Waals surface area contributed by atoms with Gasteiger partial charge < -0.3 is 21.1 Å². The fourth-order valence-corrected chi connectivity index (χ4v) is 1.83. The molecule has 2 aromatic rings. The lowest BCUT2D eigenvalue weighted by atomic mass is 10.1. The second kappa shape index (κ2) is 5.52. The van der Waals surface area contributed by atoms with Gasteiger partial charge in [0, 0.05) is 36.8 Å². The van der Waals surface area contributed by atoms with Gasteiger partial charge in [-0.25, -0.2) is 4.79 Å². The highest BCUT2D eigenvalue weighted by atomic mass is 16.4. The third-order valence-corrected chi connectivity index (χ3v) is 2.96. The topological polar surface area (TPSA) is 78.6 Å². The van der Waals surface area contributed by atoms with Crippen molar-refractivity contribution >= 4 is 28.7 Å². The molecule has 0 aliphatic carbocycles. The first kappa shape index (κ1) is 13.7. The quantitative estimate of drug-likeness (QED) is 0.745. The molecule has 20 heavy (non-hydrogen) atoms. The van der Waals surface area contributed by atoms with Crippen molar-refractivity contribution in [2.24, 2.45) is 0 Å². The molecule has 4 N–H and O–H groups in total.